The van der Waals surface area contributed by atoms with Gasteiger partial charge in [0.2, 0.25) is 0 Å². The van der Waals surface area contributed by atoms with E-state index in [0.717, 1.165) is 0 Å². The summed E-state index contributed by atoms with van der Waals surface area (Å²) in [5, 5.41) is 0.484. The summed E-state index contributed by atoms with van der Waals surface area (Å²) in [5.41, 5.74) is 4.21. The van der Waals surface area contributed by atoms with Crippen LogP contribution in [0.4, 0.5) is 0 Å². The van der Waals surface area contributed by atoms with Crippen LogP contribution in [0.15, 0.2) is 90.5 Å². The maximum atomic E-state index is 2.34. The van der Waals surface area contributed by atoms with Crippen LogP contribution in [0.5, 0.6) is 0 Å². The molecule has 0 saturated heterocycles. The zero-order chi connectivity index (χ0) is 14.1. The van der Waals surface area contributed by atoms with Gasteiger partial charge < -0.3 is 0 Å². The number of benzene rings is 2. The predicted molar refractivity (Wildman–Crippen MR) is 91.9 cm³/mol. The maximum absolute atomic E-state index is 2.34. The highest BCUT2D eigenvalue weighted by molar-refractivity contribution is 8.08. The molecule has 2 aliphatic rings. The third-order valence-electron chi connectivity index (χ3n) is 4.06. The molecule has 0 unspecified atom stereocenters. The van der Waals surface area contributed by atoms with Crippen molar-refractivity contribution in [2.75, 3.05) is 0 Å². The molecule has 102 valence electrons. The van der Waals surface area contributed by atoms with Crippen LogP contribution in [0.1, 0.15) is 16.4 Å². The van der Waals surface area contributed by atoms with Gasteiger partial charge in [-0.15, -0.1) is 11.8 Å². The van der Waals surface area contributed by atoms with E-state index < -0.39 is 0 Å². The van der Waals surface area contributed by atoms with E-state index in [0.29, 0.717) is 11.2 Å². The minimum Gasteiger partial charge on any atom is -0.116 e. The highest BCUT2D eigenvalue weighted by Gasteiger charge is 2.34. The van der Waals surface area contributed by atoms with Crippen LogP contribution in [-0.4, -0.2) is 0 Å². The monoisotopic (exact) mass is 288 g/mol. The maximum Gasteiger partial charge on any atom is 0.0448 e. The zero-order valence-electron chi connectivity index (χ0n) is 11.6. The quantitative estimate of drug-likeness (QED) is 0.690. The standard InChI is InChI=1S/C20H16S/c1-3-9-15(10-4-1)19-17-13-7-8-14-18(17)20(21-19)16-11-5-2-6-12-16/h1-14,17,19H/t17-,19+/m1/s1. The van der Waals surface area contributed by atoms with Crippen molar-refractivity contribution in [3.63, 3.8) is 0 Å². The van der Waals surface area contributed by atoms with Gasteiger partial charge in [0.1, 0.15) is 0 Å². The fourth-order valence-electron chi connectivity index (χ4n) is 3.06. The van der Waals surface area contributed by atoms with E-state index in [1.165, 1.54) is 21.6 Å². The number of hydrogen-bond acceptors (Lipinski definition) is 1. The van der Waals surface area contributed by atoms with Crippen molar-refractivity contribution in [1.82, 2.24) is 0 Å². The number of fused-ring (bicyclic) bond motifs is 1. The number of allylic oxidation sites excluding steroid dienone is 5. The van der Waals surface area contributed by atoms with Crippen molar-refractivity contribution >= 4 is 16.7 Å². The van der Waals surface area contributed by atoms with Crippen molar-refractivity contribution in [2.45, 2.75) is 5.25 Å². The summed E-state index contributed by atoms with van der Waals surface area (Å²) in [6.45, 7) is 0. The fourth-order valence-corrected chi connectivity index (χ4v) is 4.60. The molecule has 2 aromatic rings. The topological polar surface area (TPSA) is 0 Å². The molecule has 0 fully saturated rings. The Hall–Kier alpha value is -1.99. The molecular formula is C20H16S. The van der Waals surface area contributed by atoms with Crippen molar-refractivity contribution in [3.05, 3.63) is 102 Å². The summed E-state index contributed by atoms with van der Waals surface area (Å²) < 4.78 is 0. The Kier molecular flexibility index (Phi) is 3.28. The van der Waals surface area contributed by atoms with E-state index >= 15 is 0 Å². The third-order valence-corrected chi connectivity index (χ3v) is 5.59. The molecule has 0 N–H and O–H groups in total. The average molecular weight is 288 g/mol. The van der Waals surface area contributed by atoms with Gasteiger partial charge in [0.15, 0.2) is 0 Å². The fraction of sp³-hybridized carbons (Fsp3) is 0.100. The molecule has 0 amide bonds. The first-order chi connectivity index (χ1) is 10.4. The van der Waals surface area contributed by atoms with Gasteiger partial charge in [0.25, 0.3) is 0 Å². The molecule has 2 aromatic carbocycles. The molecule has 1 aliphatic heterocycles. The van der Waals surface area contributed by atoms with Crippen LogP contribution in [0.3, 0.4) is 0 Å². The van der Waals surface area contributed by atoms with Gasteiger partial charge in [-0.25, -0.2) is 0 Å². The molecule has 4 rings (SSSR count). The zero-order valence-corrected chi connectivity index (χ0v) is 12.5. The van der Waals surface area contributed by atoms with Crippen LogP contribution in [-0.2, 0) is 0 Å². The minimum atomic E-state index is 0.484. The molecule has 0 saturated carbocycles. The SMILES string of the molecule is C1=CC2=C(c3ccccc3)S[C@@H](c3ccccc3)[C@@H]2C=C1. The lowest BCUT2D eigenvalue weighted by Crippen LogP contribution is -2.06. The van der Waals surface area contributed by atoms with E-state index in [-0.39, 0.29) is 0 Å². The molecule has 1 aliphatic carbocycles. The van der Waals surface area contributed by atoms with Crippen molar-refractivity contribution < 1.29 is 0 Å². The van der Waals surface area contributed by atoms with E-state index in [4.69, 9.17) is 0 Å². The van der Waals surface area contributed by atoms with Gasteiger partial charge in [-0.1, -0.05) is 85.0 Å². The Morgan fingerprint density at radius 1 is 0.762 bits per heavy atom. The molecule has 21 heavy (non-hydrogen) atoms. The van der Waals surface area contributed by atoms with Crippen molar-refractivity contribution in [1.29, 1.82) is 0 Å². The number of rotatable bonds is 2. The van der Waals surface area contributed by atoms with Crippen molar-refractivity contribution in [2.24, 2.45) is 5.92 Å². The first kappa shape index (κ1) is 12.7. The Labute approximate surface area is 129 Å². The van der Waals surface area contributed by atoms with Gasteiger partial charge in [-0.2, -0.15) is 0 Å². The van der Waals surface area contributed by atoms with Crippen LogP contribution >= 0.6 is 11.8 Å². The summed E-state index contributed by atoms with van der Waals surface area (Å²) in [7, 11) is 0. The van der Waals surface area contributed by atoms with Crippen molar-refractivity contribution in [3.8, 4) is 0 Å². The third kappa shape index (κ3) is 2.28. The van der Waals surface area contributed by atoms with Gasteiger partial charge in [0.05, 0.1) is 0 Å². The lowest BCUT2D eigenvalue weighted by atomic mass is 9.87. The summed E-state index contributed by atoms with van der Waals surface area (Å²) in [6.07, 6.45) is 8.96. The van der Waals surface area contributed by atoms with Gasteiger partial charge in [-0.05, 0) is 16.7 Å². The van der Waals surface area contributed by atoms with Crippen LogP contribution < -0.4 is 0 Å². The smallest absolute Gasteiger partial charge is 0.0448 e. The predicted octanol–water partition coefficient (Wildman–Crippen LogP) is 5.63. The first-order valence-electron chi connectivity index (χ1n) is 7.29. The molecule has 0 bridgehead atoms. The largest absolute Gasteiger partial charge is 0.116 e. The van der Waals surface area contributed by atoms with Crippen LogP contribution in [0, 0.1) is 5.92 Å². The minimum absolute atomic E-state index is 0.484. The molecule has 1 heteroatoms. The lowest BCUT2D eigenvalue weighted by Gasteiger charge is -2.19. The Bertz CT molecular complexity index is 723. The van der Waals surface area contributed by atoms with Gasteiger partial charge in [0, 0.05) is 16.1 Å². The molecule has 0 aromatic heterocycles. The Balaban J connectivity index is 1.78. The summed E-state index contributed by atoms with van der Waals surface area (Å²) >= 11 is 2.00. The first-order valence-corrected chi connectivity index (χ1v) is 8.17. The van der Waals surface area contributed by atoms with Crippen LogP contribution in [0.25, 0.3) is 4.91 Å². The molecule has 0 spiro atoms. The second-order valence-electron chi connectivity index (χ2n) is 5.37. The Morgan fingerprint density at radius 3 is 2.24 bits per heavy atom. The molecule has 2 atom stereocenters. The van der Waals surface area contributed by atoms with E-state index in [1.54, 1.807) is 0 Å². The summed E-state index contributed by atoms with van der Waals surface area (Å²) in [4.78, 5) is 1.43. The van der Waals surface area contributed by atoms with E-state index in [2.05, 4.69) is 85.0 Å². The van der Waals surface area contributed by atoms with Gasteiger partial charge >= 0.3 is 0 Å². The molecule has 1 heterocycles. The van der Waals surface area contributed by atoms with E-state index in [1.807, 2.05) is 11.8 Å². The summed E-state index contributed by atoms with van der Waals surface area (Å²) in [6, 6.07) is 21.6. The lowest BCUT2D eigenvalue weighted by molar-refractivity contribution is 0.765. The normalized spacial score (nSPS) is 23.4. The Morgan fingerprint density at radius 2 is 1.48 bits per heavy atom. The highest BCUT2D eigenvalue weighted by Crippen LogP contribution is 2.56. The molecular weight excluding hydrogens is 272 g/mol. The summed E-state index contributed by atoms with van der Waals surface area (Å²) in [5.74, 6) is 0.484. The molecule has 0 radical (unpaired) electrons. The second-order valence-corrected chi connectivity index (χ2v) is 6.52. The van der Waals surface area contributed by atoms with Crippen LogP contribution in [0.2, 0.25) is 0 Å². The molecule has 0 nitrogen and oxygen atoms in total. The van der Waals surface area contributed by atoms with Gasteiger partial charge in [-0.3, -0.25) is 0 Å². The second kappa shape index (κ2) is 5.42. The van der Waals surface area contributed by atoms with E-state index in [9.17, 15) is 0 Å². The average Bonchev–Trinajstić information content (AvgIpc) is 2.96. The number of hydrogen-bond donors (Lipinski definition) is 0. The highest BCUT2D eigenvalue weighted by atomic mass is 32.2. The number of thioether (sulfide) groups is 1.